The van der Waals surface area contributed by atoms with Crippen LogP contribution in [-0.2, 0) is 0 Å². The molecule has 0 bridgehead atoms. The van der Waals surface area contributed by atoms with Crippen LogP contribution in [0.1, 0.15) is 5.56 Å². The SMILES string of the molecule is COc1ccc(C(C#C[Si](C)(C)C)=Nc2ccc(Cl)cc2)cc1. The minimum atomic E-state index is -1.48. The molecule has 2 aromatic rings. The zero-order chi connectivity index (χ0) is 16.9. The van der Waals surface area contributed by atoms with Crippen LogP contribution in [0, 0.1) is 11.5 Å². The molecule has 0 aliphatic heterocycles. The molecule has 0 unspecified atom stereocenters. The Morgan fingerprint density at radius 3 is 2.13 bits per heavy atom. The summed E-state index contributed by atoms with van der Waals surface area (Å²) in [5.41, 5.74) is 5.96. The second-order valence-corrected chi connectivity index (χ2v) is 11.4. The fourth-order valence-corrected chi connectivity index (χ4v) is 2.42. The van der Waals surface area contributed by atoms with Gasteiger partial charge in [0.15, 0.2) is 0 Å². The maximum absolute atomic E-state index is 5.93. The van der Waals surface area contributed by atoms with Crippen LogP contribution >= 0.6 is 11.6 Å². The molecule has 0 atom stereocenters. The summed E-state index contributed by atoms with van der Waals surface area (Å²) in [5.74, 6) is 4.08. The Hall–Kier alpha value is -2.02. The Bertz CT molecular complexity index is 747. The molecule has 0 aromatic heterocycles. The molecule has 0 amide bonds. The molecular weight excluding hydrogens is 322 g/mol. The van der Waals surface area contributed by atoms with Gasteiger partial charge in [0.1, 0.15) is 19.5 Å². The van der Waals surface area contributed by atoms with Crippen LogP contribution in [-0.4, -0.2) is 20.9 Å². The highest BCUT2D eigenvalue weighted by atomic mass is 35.5. The average molecular weight is 342 g/mol. The first-order valence-corrected chi connectivity index (χ1v) is 11.3. The Kier molecular flexibility index (Phi) is 5.65. The predicted molar refractivity (Wildman–Crippen MR) is 102 cm³/mol. The van der Waals surface area contributed by atoms with Crippen molar-refractivity contribution in [3.05, 3.63) is 59.1 Å². The van der Waals surface area contributed by atoms with Crippen LogP contribution in [0.4, 0.5) is 5.69 Å². The molecule has 2 nitrogen and oxygen atoms in total. The molecule has 0 saturated heterocycles. The van der Waals surface area contributed by atoms with E-state index in [9.17, 15) is 0 Å². The molecular formula is C19H20ClNOSi. The molecule has 2 aromatic carbocycles. The first kappa shape index (κ1) is 17.3. The summed E-state index contributed by atoms with van der Waals surface area (Å²) < 4.78 is 5.21. The van der Waals surface area contributed by atoms with Crippen molar-refractivity contribution in [2.75, 3.05) is 7.11 Å². The third-order valence-corrected chi connectivity index (χ3v) is 4.11. The van der Waals surface area contributed by atoms with Crippen molar-refractivity contribution >= 4 is 31.1 Å². The number of nitrogens with zero attached hydrogens (tertiary/aromatic N) is 1. The quantitative estimate of drug-likeness (QED) is 0.419. The van der Waals surface area contributed by atoms with E-state index < -0.39 is 8.07 Å². The van der Waals surface area contributed by atoms with Crippen molar-refractivity contribution in [2.45, 2.75) is 19.6 Å². The van der Waals surface area contributed by atoms with E-state index in [1.54, 1.807) is 7.11 Å². The third-order valence-electron chi connectivity index (χ3n) is 2.99. The van der Waals surface area contributed by atoms with Gasteiger partial charge < -0.3 is 4.74 Å². The van der Waals surface area contributed by atoms with Gasteiger partial charge in [0, 0.05) is 10.6 Å². The number of benzene rings is 2. The van der Waals surface area contributed by atoms with Crippen LogP contribution in [0.2, 0.25) is 24.7 Å². The predicted octanol–water partition coefficient (Wildman–Crippen LogP) is 5.35. The molecule has 4 heteroatoms. The summed E-state index contributed by atoms with van der Waals surface area (Å²) >= 11 is 5.93. The van der Waals surface area contributed by atoms with Gasteiger partial charge in [-0.15, -0.1) is 5.54 Å². The van der Waals surface area contributed by atoms with Crippen molar-refractivity contribution in [1.82, 2.24) is 0 Å². The molecule has 0 saturated carbocycles. The Morgan fingerprint density at radius 1 is 1.00 bits per heavy atom. The largest absolute Gasteiger partial charge is 0.497 e. The number of methoxy groups -OCH3 is 1. The fourth-order valence-electron chi connectivity index (χ4n) is 1.80. The van der Waals surface area contributed by atoms with E-state index >= 15 is 0 Å². The second-order valence-electron chi connectivity index (χ2n) is 6.17. The molecule has 0 aliphatic carbocycles. The fraction of sp³-hybridized carbons (Fsp3) is 0.211. The van der Waals surface area contributed by atoms with E-state index in [4.69, 9.17) is 21.3 Å². The molecule has 0 spiro atoms. The van der Waals surface area contributed by atoms with E-state index in [0.717, 1.165) is 22.7 Å². The van der Waals surface area contributed by atoms with E-state index in [2.05, 4.69) is 31.1 Å². The topological polar surface area (TPSA) is 21.6 Å². The molecule has 0 heterocycles. The summed E-state index contributed by atoms with van der Waals surface area (Å²) in [5, 5.41) is 0.697. The normalized spacial score (nSPS) is 11.6. The highest BCUT2D eigenvalue weighted by molar-refractivity contribution is 6.84. The number of hydrogen-bond acceptors (Lipinski definition) is 2. The maximum atomic E-state index is 5.93. The summed E-state index contributed by atoms with van der Waals surface area (Å²) in [6.07, 6.45) is 0. The van der Waals surface area contributed by atoms with Crippen molar-refractivity contribution in [2.24, 2.45) is 4.99 Å². The zero-order valence-corrected chi connectivity index (χ0v) is 15.6. The lowest BCUT2D eigenvalue weighted by atomic mass is 10.1. The van der Waals surface area contributed by atoms with Crippen LogP contribution in [0.15, 0.2) is 53.5 Å². The molecule has 118 valence electrons. The number of halogens is 1. The first-order valence-electron chi connectivity index (χ1n) is 7.39. The van der Waals surface area contributed by atoms with Crippen LogP contribution < -0.4 is 4.74 Å². The third kappa shape index (κ3) is 5.59. The number of rotatable bonds is 3. The van der Waals surface area contributed by atoms with Gasteiger partial charge in [-0.25, -0.2) is 4.99 Å². The molecule has 0 radical (unpaired) electrons. The van der Waals surface area contributed by atoms with Crippen LogP contribution in [0.3, 0.4) is 0 Å². The number of ether oxygens (including phenoxy) is 1. The minimum Gasteiger partial charge on any atom is -0.497 e. The highest BCUT2D eigenvalue weighted by Gasteiger charge is 2.09. The maximum Gasteiger partial charge on any atom is 0.129 e. The van der Waals surface area contributed by atoms with Gasteiger partial charge >= 0.3 is 0 Å². The lowest BCUT2D eigenvalue weighted by Gasteiger charge is -2.06. The highest BCUT2D eigenvalue weighted by Crippen LogP contribution is 2.19. The molecule has 0 N–H and O–H groups in total. The van der Waals surface area contributed by atoms with Crippen LogP contribution in [0.25, 0.3) is 0 Å². The Morgan fingerprint density at radius 2 is 1.61 bits per heavy atom. The van der Waals surface area contributed by atoms with Gasteiger partial charge in [0.05, 0.1) is 12.8 Å². The van der Waals surface area contributed by atoms with Crippen molar-refractivity contribution < 1.29 is 4.74 Å². The minimum absolute atomic E-state index is 0.697. The summed E-state index contributed by atoms with van der Waals surface area (Å²) in [7, 11) is 0.171. The van der Waals surface area contributed by atoms with Gasteiger partial charge in [0.25, 0.3) is 0 Å². The molecule has 2 rings (SSSR count). The van der Waals surface area contributed by atoms with Gasteiger partial charge in [0.2, 0.25) is 0 Å². The zero-order valence-electron chi connectivity index (χ0n) is 13.9. The van der Waals surface area contributed by atoms with E-state index in [-0.39, 0.29) is 0 Å². The van der Waals surface area contributed by atoms with Gasteiger partial charge in [-0.2, -0.15) is 0 Å². The van der Waals surface area contributed by atoms with Crippen molar-refractivity contribution in [1.29, 1.82) is 0 Å². The Balaban J connectivity index is 2.45. The lowest BCUT2D eigenvalue weighted by molar-refractivity contribution is 0.415. The van der Waals surface area contributed by atoms with Gasteiger partial charge in [-0.1, -0.05) is 37.2 Å². The summed E-state index contributed by atoms with van der Waals surface area (Å²) in [4.78, 5) is 4.69. The molecule has 0 fully saturated rings. The van der Waals surface area contributed by atoms with E-state index in [1.807, 2.05) is 48.5 Å². The first-order chi connectivity index (χ1) is 10.9. The van der Waals surface area contributed by atoms with Crippen molar-refractivity contribution in [3.8, 4) is 17.2 Å². The van der Waals surface area contributed by atoms with Crippen molar-refractivity contribution in [3.63, 3.8) is 0 Å². The average Bonchev–Trinajstić information content (AvgIpc) is 2.52. The second kappa shape index (κ2) is 7.50. The Labute approximate surface area is 144 Å². The number of aliphatic imine (C=N–C) groups is 1. The molecule has 23 heavy (non-hydrogen) atoms. The summed E-state index contributed by atoms with van der Waals surface area (Å²) in [6, 6.07) is 15.2. The van der Waals surface area contributed by atoms with Gasteiger partial charge in [-0.3, -0.25) is 0 Å². The lowest BCUT2D eigenvalue weighted by Crippen LogP contribution is -2.17. The molecule has 0 aliphatic rings. The van der Waals surface area contributed by atoms with Gasteiger partial charge in [-0.05, 0) is 48.5 Å². The number of hydrogen-bond donors (Lipinski definition) is 0. The smallest absolute Gasteiger partial charge is 0.129 e. The monoisotopic (exact) mass is 341 g/mol. The standard InChI is InChI=1S/C19H20ClNOSi/c1-22-18-11-5-15(6-12-18)19(13-14-23(2,3)4)21-17-9-7-16(20)8-10-17/h5-12H,1-4H3. The summed E-state index contributed by atoms with van der Waals surface area (Å²) in [6.45, 7) is 6.65. The van der Waals surface area contributed by atoms with E-state index in [1.165, 1.54) is 0 Å². The van der Waals surface area contributed by atoms with Crippen LogP contribution in [0.5, 0.6) is 5.75 Å². The van der Waals surface area contributed by atoms with E-state index in [0.29, 0.717) is 5.02 Å².